The molecule has 0 amide bonds. The molecule has 2 N–H and O–H groups in total. The fourth-order valence-electron chi connectivity index (χ4n) is 3.05. The van der Waals surface area contributed by atoms with Crippen molar-refractivity contribution in [3.8, 4) is 0 Å². The average molecular weight is 276 g/mol. The maximum absolute atomic E-state index is 5.61. The molecule has 0 spiro atoms. The van der Waals surface area contributed by atoms with Crippen LogP contribution in [-0.4, -0.2) is 55.3 Å². The van der Waals surface area contributed by atoms with Crippen molar-refractivity contribution < 1.29 is 4.74 Å². The van der Waals surface area contributed by atoms with E-state index >= 15 is 0 Å². The SMILES string of the molecule is NCc1ccc(N2CCN(C3CCCOC3)CC2)nc1. The predicted molar refractivity (Wildman–Crippen MR) is 79.8 cm³/mol. The van der Waals surface area contributed by atoms with Crippen LogP contribution < -0.4 is 10.6 Å². The molecule has 1 unspecified atom stereocenters. The van der Waals surface area contributed by atoms with Crippen LogP contribution in [0.1, 0.15) is 18.4 Å². The molecule has 3 heterocycles. The molecule has 2 aliphatic rings. The van der Waals surface area contributed by atoms with Gasteiger partial charge >= 0.3 is 0 Å². The molecule has 0 aliphatic carbocycles. The standard InChI is InChI=1S/C15H24N4O/c16-10-13-3-4-15(17-11-13)19-7-5-18(6-8-19)14-2-1-9-20-12-14/h3-4,11,14H,1-2,5-10,12,16H2. The molecule has 0 aromatic carbocycles. The van der Waals surface area contributed by atoms with Gasteiger partial charge in [0.25, 0.3) is 0 Å². The maximum atomic E-state index is 5.61. The number of ether oxygens (including phenoxy) is 1. The molecule has 0 saturated carbocycles. The zero-order valence-electron chi connectivity index (χ0n) is 12.0. The van der Waals surface area contributed by atoms with Crippen molar-refractivity contribution in [3.63, 3.8) is 0 Å². The summed E-state index contributed by atoms with van der Waals surface area (Å²) in [6.07, 6.45) is 4.37. The second kappa shape index (κ2) is 6.52. The first-order chi connectivity index (χ1) is 9.86. The monoisotopic (exact) mass is 276 g/mol. The third-order valence-corrected chi connectivity index (χ3v) is 4.34. The van der Waals surface area contributed by atoms with Gasteiger partial charge in [-0.1, -0.05) is 6.07 Å². The summed E-state index contributed by atoms with van der Waals surface area (Å²) in [5, 5.41) is 0. The number of hydrogen-bond acceptors (Lipinski definition) is 5. The molecule has 20 heavy (non-hydrogen) atoms. The highest BCUT2D eigenvalue weighted by Crippen LogP contribution is 2.18. The summed E-state index contributed by atoms with van der Waals surface area (Å²) in [4.78, 5) is 9.45. The molecular formula is C15H24N4O. The maximum Gasteiger partial charge on any atom is 0.128 e. The summed E-state index contributed by atoms with van der Waals surface area (Å²) in [6, 6.07) is 4.78. The molecule has 1 aromatic rings. The van der Waals surface area contributed by atoms with Gasteiger partial charge in [-0.3, -0.25) is 4.90 Å². The minimum atomic E-state index is 0.558. The van der Waals surface area contributed by atoms with Crippen LogP contribution >= 0.6 is 0 Å². The van der Waals surface area contributed by atoms with Crippen LogP contribution in [0.15, 0.2) is 18.3 Å². The molecule has 1 aromatic heterocycles. The van der Waals surface area contributed by atoms with E-state index in [1.165, 1.54) is 12.8 Å². The van der Waals surface area contributed by atoms with E-state index in [4.69, 9.17) is 10.5 Å². The number of hydrogen-bond donors (Lipinski definition) is 1. The quantitative estimate of drug-likeness (QED) is 0.886. The Morgan fingerprint density at radius 2 is 2.10 bits per heavy atom. The van der Waals surface area contributed by atoms with E-state index in [1.807, 2.05) is 6.20 Å². The lowest BCUT2D eigenvalue weighted by molar-refractivity contribution is 0.0158. The number of piperazine rings is 1. The van der Waals surface area contributed by atoms with Crippen molar-refractivity contribution in [1.29, 1.82) is 0 Å². The van der Waals surface area contributed by atoms with Crippen molar-refractivity contribution in [2.75, 3.05) is 44.3 Å². The van der Waals surface area contributed by atoms with Crippen molar-refractivity contribution in [1.82, 2.24) is 9.88 Å². The molecule has 2 fully saturated rings. The summed E-state index contributed by atoms with van der Waals surface area (Å²) in [5.74, 6) is 1.07. The van der Waals surface area contributed by atoms with E-state index in [0.717, 1.165) is 50.8 Å². The van der Waals surface area contributed by atoms with Crippen LogP contribution in [0.5, 0.6) is 0 Å². The number of rotatable bonds is 3. The summed E-state index contributed by atoms with van der Waals surface area (Å²) in [7, 11) is 0. The smallest absolute Gasteiger partial charge is 0.128 e. The topological polar surface area (TPSA) is 54.6 Å². The van der Waals surface area contributed by atoms with Crippen LogP contribution in [-0.2, 0) is 11.3 Å². The predicted octanol–water partition coefficient (Wildman–Crippen LogP) is 0.841. The third-order valence-electron chi connectivity index (χ3n) is 4.34. The first kappa shape index (κ1) is 13.8. The van der Waals surface area contributed by atoms with Crippen LogP contribution in [0.25, 0.3) is 0 Å². The molecule has 5 nitrogen and oxygen atoms in total. The Kier molecular flexibility index (Phi) is 4.50. The number of nitrogens with two attached hydrogens (primary N) is 1. The van der Waals surface area contributed by atoms with Crippen LogP contribution in [0, 0.1) is 0 Å². The van der Waals surface area contributed by atoms with E-state index < -0.39 is 0 Å². The Bertz CT molecular complexity index is 408. The van der Waals surface area contributed by atoms with Gasteiger partial charge in [0.1, 0.15) is 5.82 Å². The second-order valence-corrected chi connectivity index (χ2v) is 5.62. The van der Waals surface area contributed by atoms with Crippen molar-refractivity contribution in [3.05, 3.63) is 23.9 Å². The van der Waals surface area contributed by atoms with Crippen molar-refractivity contribution >= 4 is 5.82 Å². The van der Waals surface area contributed by atoms with Gasteiger partial charge in [-0.15, -0.1) is 0 Å². The Morgan fingerprint density at radius 1 is 1.25 bits per heavy atom. The Morgan fingerprint density at radius 3 is 2.70 bits per heavy atom. The van der Waals surface area contributed by atoms with Gasteiger partial charge in [0.15, 0.2) is 0 Å². The largest absolute Gasteiger partial charge is 0.380 e. The van der Waals surface area contributed by atoms with E-state index in [2.05, 4.69) is 26.9 Å². The Balaban J connectivity index is 1.54. The molecule has 2 aliphatic heterocycles. The molecule has 3 rings (SSSR count). The third kappa shape index (κ3) is 3.11. The van der Waals surface area contributed by atoms with Crippen molar-refractivity contribution in [2.24, 2.45) is 5.73 Å². The number of anilines is 1. The van der Waals surface area contributed by atoms with E-state index in [9.17, 15) is 0 Å². The molecule has 2 saturated heterocycles. The minimum absolute atomic E-state index is 0.558. The zero-order valence-corrected chi connectivity index (χ0v) is 12.0. The fourth-order valence-corrected chi connectivity index (χ4v) is 3.05. The first-order valence-electron chi connectivity index (χ1n) is 7.58. The fraction of sp³-hybridized carbons (Fsp3) is 0.667. The van der Waals surface area contributed by atoms with Crippen molar-refractivity contribution in [2.45, 2.75) is 25.4 Å². The van der Waals surface area contributed by atoms with Crippen LogP contribution in [0.3, 0.4) is 0 Å². The van der Waals surface area contributed by atoms with E-state index in [0.29, 0.717) is 12.6 Å². The van der Waals surface area contributed by atoms with Gasteiger partial charge in [0, 0.05) is 51.6 Å². The summed E-state index contributed by atoms with van der Waals surface area (Å²) in [6.45, 7) is 6.71. The lowest BCUT2D eigenvalue weighted by Crippen LogP contribution is -2.52. The van der Waals surface area contributed by atoms with Gasteiger partial charge < -0.3 is 15.4 Å². The van der Waals surface area contributed by atoms with Crippen LogP contribution in [0.2, 0.25) is 0 Å². The number of aromatic nitrogens is 1. The first-order valence-corrected chi connectivity index (χ1v) is 7.58. The summed E-state index contributed by atoms with van der Waals surface area (Å²) >= 11 is 0. The normalized spacial score (nSPS) is 24.9. The van der Waals surface area contributed by atoms with Gasteiger partial charge in [0.2, 0.25) is 0 Å². The lowest BCUT2D eigenvalue weighted by Gasteiger charge is -2.40. The van der Waals surface area contributed by atoms with Gasteiger partial charge in [-0.05, 0) is 24.5 Å². The molecular weight excluding hydrogens is 252 g/mol. The molecule has 0 radical (unpaired) electrons. The minimum Gasteiger partial charge on any atom is -0.380 e. The highest BCUT2D eigenvalue weighted by atomic mass is 16.5. The van der Waals surface area contributed by atoms with E-state index in [1.54, 1.807) is 0 Å². The second-order valence-electron chi connectivity index (χ2n) is 5.62. The number of pyridine rings is 1. The molecule has 110 valence electrons. The lowest BCUT2D eigenvalue weighted by atomic mass is 10.1. The zero-order chi connectivity index (χ0) is 13.8. The average Bonchev–Trinajstić information content (AvgIpc) is 2.56. The summed E-state index contributed by atoms with van der Waals surface area (Å²) in [5.41, 5.74) is 6.70. The molecule has 1 atom stereocenters. The highest BCUT2D eigenvalue weighted by molar-refractivity contribution is 5.39. The highest BCUT2D eigenvalue weighted by Gasteiger charge is 2.25. The summed E-state index contributed by atoms with van der Waals surface area (Å²) < 4.78 is 5.59. The number of nitrogens with zero attached hydrogens (tertiary/aromatic N) is 3. The molecule has 0 bridgehead atoms. The van der Waals surface area contributed by atoms with Crippen LogP contribution in [0.4, 0.5) is 5.82 Å². The molecule has 5 heteroatoms. The Hall–Kier alpha value is -1.17. The van der Waals surface area contributed by atoms with Gasteiger partial charge in [0.05, 0.1) is 6.61 Å². The van der Waals surface area contributed by atoms with E-state index in [-0.39, 0.29) is 0 Å². The van der Waals surface area contributed by atoms with Gasteiger partial charge in [-0.2, -0.15) is 0 Å². The van der Waals surface area contributed by atoms with Gasteiger partial charge in [-0.25, -0.2) is 4.98 Å². The Labute approximate surface area is 120 Å².